The van der Waals surface area contributed by atoms with Crippen LogP contribution in [0.2, 0.25) is 0 Å². The van der Waals surface area contributed by atoms with E-state index in [1.54, 1.807) is 0 Å². The van der Waals surface area contributed by atoms with Crippen molar-refractivity contribution in [2.24, 2.45) is 12.5 Å². The van der Waals surface area contributed by atoms with E-state index in [0.717, 1.165) is 44.6 Å². The van der Waals surface area contributed by atoms with E-state index >= 15 is 0 Å². The average Bonchev–Trinajstić information content (AvgIpc) is 2.74. The zero-order valence-electron chi connectivity index (χ0n) is 11.7. The summed E-state index contributed by atoms with van der Waals surface area (Å²) in [5, 5.41) is 12.3. The summed E-state index contributed by atoms with van der Waals surface area (Å²) in [5.74, 6) is 1.12. The number of nitriles is 1. The van der Waals surface area contributed by atoms with Crippen LogP contribution in [0.1, 0.15) is 38.9 Å². The molecule has 1 rings (SSSR count). The fourth-order valence-electron chi connectivity index (χ4n) is 1.84. The predicted octanol–water partition coefficient (Wildman–Crippen LogP) is 2.27. The number of unbranched alkanes of at least 4 members (excludes halogenated alkanes) is 1. The second-order valence-corrected chi connectivity index (χ2v) is 5.41. The van der Waals surface area contributed by atoms with Crippen LogP contribution in [0.25, 0.3) is 0 Å². The van der Waals surface area contributed by atoms with Crippen molar-refractivity contribution in [3.8, 4) is 6.07 Å². The molecule has 0 atom stereocenters. The van der Waals surface area contributed by atoms with Gasteiger partial charge in [-0.25, -0.2) is 4.98 Å². The summed E-state index contributed by atoms with van der Waals surface area (Å²) in [5.41, 5.74) is -0.174. The molecule has 1 heterocycles. The van der Waals surface area contributed by atoms with Gasteiger partial charge in [0.05, 0.1) is 11.5 Å². The smallest absolute Gasteiger partial charge is 0.109 e. The van der Waals surface area contributed by atoms with Gasteiger partial charge in [0.15, 0.2) is 0 Å². The van der Waals surface area contributed by atoms with Gasteiger partial charge in [0.1, 0.15) is 5.82 Å². The largest absolute Gasteiger partial charge is 0.338 e. The van der Waals surface area contributed by atoms with Gasteiger partial charge in [-0.1, -0.05) is 6.42 Å². The SMILES string of the molecule is Cn1ccnc1CCNCCCCC(C)(C)C#N. The molecule has 0 amide bonds. The van der Waals surface area contributed by atoms with E-state index in [9.17, 15) is 0 Å². The number of nitrogens with zero attached hydrogens (tertiary/aromatic N) is 3. The minimum atomic E-state index is -0.174. The Labute approximate surface area is 110 Å². The van der Waals surface area contributed by atoms with Crippen LogP contribution in [0, 0.1) is 16.7 Å². The number of aryl methyl sites for hydroxylation is 1. The van der Waals surface area contributed by atoms with Gasteiger partial charge < -0.3 is 9.88 Å². The van der Waals surface area contributed by atoms with Crippen LogP contribution in [0.15, 0.2) is 12.4 Å². The molecule has 0 aliphatic heterocycles. The fraction of sp³-hybridized carbons (Fsp3) is 0.714. The zero-order valence-corrected chi connectivity index (χ0v) is 11.7. The van der Waals surface area contributed by atoms with E-state index in [1.807, 2.05) is 33.3 Å². The van der Waals surface area contributed by atoms with Crippen LogP contribution in [0.3, 0.4) is 0 Å². The van der Waals surface area contributed by atoms with Gasteiger partial charge >= 0.3 is 0 Å². The minimum absolute atomic E-state index is 0.174. The first-order chi connectivity index (χ1) is 8.55. The van der Waals surface area contributed by atoms with E-state index in [4.69, 9.17) is 5.26 Å². The molecule has 0 spiro atoms. The highest BCUT2D eigenvalue weighted by molar-refractivity contribution is 4.92. The Morgan fingerprint density at radius 1 is 1.39 bits per heavy atom. The standard InChI is InChI=1S/C14H24N4/c1-14(2,12-15)7-4-5-8-16-9-6-13-17-10-11-18(13)3/h10-11,16H,4-9H2,1-3H3. The molecule has 0 radical (unpaired) electrons. The maximum atomic E-state index is 8.89. The first kappa shape index (κ1) is 14.7. The van der Waals surface area contributed by atoms with Crippen LogP contribution < -0.4 is 5.32 Å². The van der Waals surface area contributed by atoms with E-state index in [0.29, 0.717) is 0 Å². The number of nitrogens with one attached hydrogen (secondary N) is 1. The molecule has 0 saturated carbocycles. The molecule has 0 aliphatic carbocycles. The van der Waals surface area contributed by atoms with Crippen LogP contribution in [0.5, 0.6) is 0 Å². The van der Waals surface area contributed by atoms with E-state index in [1.165, 1.54) is 0 Å². The quantitative estimate of drug-likeness (QED) is 0.718. The van der Waals surface area contributed by atoms with E-state index in [-0.39, 0.29) is 5.41 Å². The fourth-order valence-corrected chi connectivity index (χ4v) is 1.84. The third-order valence-corrected chi connectivity index (χ3v) is 3.15. The molecule has 0 saturated heterocycles. The molecule has 100 valence electrons. The predicted molar refractivity (Wildman–Crippen MR) is 73.0 cm³/mol. The van der Waals surface area contributed by atoms with Gasteiger partial charge in [0.25, 0.3) is 0 Å². The molecular weight excluding hydrogens is 224 g/mol. The average molecular weight is 248 g/mol. The van der Waals surface area contributed by atoms with Crippen molar-refractivity contribution in [2.45, 2.75) is 39.5 Å². The van der Waals surface area contributed by atoms with Crippen molar-refractivity contribution in [3.05, 3.63) is 18.2 Å². The van der Waals surface area contributed by atoms with Gasteiger partial charge in [-0.05, 0) is 33.2 Å². The lowest BCUT2D eigenvalue weighted by atomic mass is 9.89. The van der Waals surface area contributed by atoms with Crippen LogP contribution in [-0.2, 0) is 13.5 Å². The van der Waals surface area contributed by atoms with Gasteiger partial charge in [-0.15, -0.1) is 0 Å². The lowest BCUT2D eigenvalue weighted by Crippen LogP contribution is -2.20. The van der Waals surface area contributed by atoms with Crippen LogP contribution >= 0.6 is 0 Å². The molecule has 1 N–H and O–H groups in total. The highest BCUT2D eigenvalue weighted by Crippen LogP contribution is 2.21. The third-order valence-electron chi connectivity index (χ3n) is 3.15. The Morgan fingerprint density at radius 3 is 2.78 bits per heavy atom. The van der Waals surface area contributed by atoms with Crippen LogP contribution in [0.4, 0.5) is 0 Å². The molecule has 0 bridgehead atoms. The Bertz CT molecular complexity index is 387. The Kier molecular flexibility index (Phi) is 5.87. The van der Waals surface area contributed by atoms with Gasteiger partial charge in [-0.2, -0.15) is 5.26 Å². The first-order valence-electron chi connectivity index (χ1n) is 6.63. The second kappa shape index (κ2) is 7.17. The summed E-state index contributed by atoms with van der Waals surface area (Å²) in [4.78, 5) is 4.28. The number of imidazole rings is 1. The molecule has 0 aromatic carbocycles. The monoisotopic (exact) mass is 248 g/mol. The van der Waals surface area contributed by atoms with Crippen molar-refractivity contribution in [1.82, 2.24) is 14.9 Å². The van der Waals surface area contributed by atoms with Gasteiger partial charge in [0, 0.05) is 32.4 Å². The normalized spacial score (nSPS) is 11.4. The summed E-state index contributed by atoms with van der Waals surface area (Å²) in [6, 6.07) is 2.34. The molecule has 4 heteroatoms. The van der Waals surface area contributed by atoms with Crippen molar-refractivity contribution in [3.63, 3.8) is 0 Å². The van der Waals surface area contributed by atoms with Crippen molar-refractivity contribution in [1.29, 1.82) is 5.26 Å². The van der Waals surface area contributed by atoms with Crippen LogP contribution in [-0.4, -0.2) is 22.6 Å². The number of hydrogen-bond donors (Lipinski definition) is 1. The molecule has 0 fully saturated rings. The minimum Gasteiger partial charge on any atom is -0.338 e. The lowest BCUT2D eigenvalue weighted by molar-refractivity contribution is 0.422. The summed E-state index contributed by atoms with van der Waals surface area (Å²) < 4.78 is 2.05. The summed E-state index contributed by atoms with van der Waals surface area (Å²) >= 11 is 0. The van der Waals surface area contributed by atoms with Gasteiger partial charge in [-0.3, -0.25) is 0 Å². The first-order valence-corrected chi connectivity index (χ1v) is 6.63. The molecule has 1 aromatic rings. The van der Waals surface area contributed by atoms with Gasteiger partial charge in [0.2, 0.25) is 0 Å². The molecule has 0 aliphatic rings. The molecule has 4 nitrogen and oxygen atoms in total. The highest BCUT2D eigenvalue weighted by Gasteiger charge is 2.15. The van der Waals surface area contributed by atoms with Crippen molar-refractivity contribution in [2.75, 3.05) is 13.1 Å². The third kappa shape index (κ3) is 5.33. The van der Waals surface area contributed by atoms with E-state index < -0.39 is 0 Å². The van der Waals surface area contributed by atoms with Crippen molar-refractivity contribution >= 4 is 0 Å². The number of aromatic nitrogens is 2. The Morgan fingerprint density at radius 2 is 2.17 bits per heavy atom. The van der Waals surface area contributed by atoms with E-state index in [2.05, 4.69) is 20.9 Å². The maximum Gasteiger partial charge on any atom is 0.109 e. The second-order valence-electron chi connectivity index (χ2n) is 5.41. The molecular formula is C14H24N4. The summed E-state index contributed by atoms with van der Waals surface area (Å²) in [6.07, 6.45) is 7.98. The molecule has 18 heavy (non-hydrogen) atoms. The number of rotatable bonds is 8. The lowest BCUT2D eigenvalue weighted by Gasteiger charge is -2.14. The highest BCUT2D eigenvalue weighted by atomic mass is 15.0. The zero-order chi connectivity index (χ0) is 13.4. The Hall–Kier alpha value is -1.34. The molecule has 1 aromatic heterocycles. The summed E-state index contributed by atoms with van der Waals surface area (Å²) in [7, 11) is 2.02. The topological polar surface area (TPSA) is 53.6 Å². The number of hydrogen-bond acceptors (Lipinski definition) is 3. The summed E-state index contributed by atoms with van der Waals surface area (Å²) in [6.45, 7) is 5.99. The molecule has 0 unspecified atom stereocenters. The van der Waals surface area contributed by atoms with Crippen molar-refractivity contribution < 1.29 is 0 Å². The maximum absolute atomic E-state index is 8.89. The Balaban J connectivity index is 2.00.